The number of nitrogens with one attached hydrogen (secondary N) is 2. The molecule has 130 valence electrons. The second kappa shape index (κ2) is 6.18. The molecule has 7 heteroatoms. The molecule has 0 saturated carbocycles. The highest BCUT2D eigenvalue weighted by Crippen LogP contribution is 2.20. The van der Waals surface area contributed by atoms with E-state index in [2.05, 4.69) is 10.3 Å². The number of fused-ring (bicyclic) bond motifs is 1. The van der Waals surface area contributed by atoms with E-state index in [9.17, 15) is 19.1 Å². The fourth-order valence-electron chi connectivity index (χ4n) is 2.64. The molecule has 0 fully saturated rings. The first-order valence-electron chi connectivity index (χ1n) is 7.73. The third-order valence-electron chi connectivity index (χ3n) is 4.23. The summed E-state index contributed by atoms with van der Waals surface area (Å²) in [6, 6.07) is 10.3. The van der Waals surface area contributed by atoms with Crippen molar-refractivity contribution in [3.63, 3.8) is 0 Å². The summed E-state index contributed by atoms with van der Waals surface area (Å²) in [4.78, 5) is 26.6. The monoisotopic (exact) mass is 343 g/mol. The van der Waals surface area contributed by atoms with Crippen molar-refractivity contribution < 1.29 is 14.3 Å². The molecule has 1 amide bonds. The Kier molecular flexibility index (Phi) is 4.18. The van der Waals surface area contributed by atoms with Gasteiger partial charge in [0.05, 0.1) is 17.6 Å². The molecular weight excluding hydrogens is 325 g/mol. The van der Waals surface area contributed by atoms with Crippen LogP contribution in [-0.2, 0) is 12.6 Å². The molecule has 0 aliphatic heterocycles. The number of aryl methyl sites for hydroxylation is 1. The Morgan fingerprint density at radius 1 is 1.28 bits per heavy atom. The van der Waals surface area contributed by atoms with Crippen LogP contribution in [0.15, 0.2) is 47.3 Å². The number of aromatic amines is 1. The lowest BCUT2D eigenvalue weighted by Gasteiger charge is -2.24. The number of nitrogens with zero attached hydrogens (tertiary/aromatic N) is 1. The Hall–Kier alpha value is -2.93. The molecular formula is C18H18FN3O3. The molecule has 1 heterocycles. The highest BCUT2D eigenvalue weighted by Gasteiger charge is 2.24. The Labute approximate surface area is 142 Å². The van der Waals surface area contributed by atoms with Gasteiger partial charge >= 0.3 is 5.69 Å². The van der Waals surface area contributed by atoms with Gasteiger partial charge in [-0.15, -0.1) is 0 Å². The number of amides is 1. The summed E-state index contributed by atoms with van der Waals surface area (Å²) in [5, 5.41) is 13.2. The van der Waals surface area contributed by atoms with E-state index in [0.29, 0.717) is 22.2 Å². The van der Waals surface area contributed by atoms with E-state index in [1.165, 1.54) is 28.8 Å². The number of hydrogen-bond acceptors (Lipinski definition) is 3. The number of carbonyl (C=O) groups is 1. The van der Waals surface area contributed by atoms with Crippen molar-refractivity contribution in [2.45, 2.75) is 12.5 Å². The first-order valence-corrected chi connectivity index (χ1v) is 7.73. The van der Waals surface area contributed by atoms with Gasteiger partial charge in [-0.25, -0.2) is 9.18 Å². The Bertz CT molecular complexity index is 987. The number of hydrogen-bond donors (Lipinski definition) is 3. The average Bonchev–Trinajstić information content (AvgIpc) is 2.87. The van der Waals surface area contributed by atoms with Gasteiger partial charge in [0.15, 0.2) is 0 Å². The van der Waals surface area contributed by atoms with Crippen LogP contribution < -0.4 is 11.0 Å². The summed E-state index contributed by atoms with van der Waals surface area (Å²) in [5.41, 5.74) is 0.521. The highest BCUT2D eigenvalue weighted by atomic mass is 19.1. The van der Waals surface area contributed by atoms with Gasteiger partial charge in [-0.05, 0) is 42.8 Å². The molecule has 0 spiro atoms. The molecule has 0 aliphatic carbocycles. The van der Waals surface area contributed by atoms with E-state index in [4.69, 9.17) is 0 Å². The third kappa shape index (κ3) is 3.32. The first-order chi connectivity index (χ1) is 11.8. The molecule has 1 aromatic heterocycles. The number of aromatic nitrogens is 2. The molecule has 0 radical (unpaired) electrons. The second-order valence-electron chi connectivity index (χ2n) is 6.18. The maximum absolute atomic E-state index is 13.0. The van der Waals surface area contributed by atoms with Gasteiger partial charge in [0.25, 0.3) is 5.91 Å². The molecule has 1 atom stereocenters. The quantitative estimate of drug-likeness (QED) is 0.673. The first kappa shape index (κ1) is 16.9. The summed E-state index contributed by atoms with van der Waals surface area (Å²) in [6.45, 7) is 1.50. The molecule has 3 rings (SSSR count). The number of H-pyrrole nitrogens is 1. The standard InChI is InChI=1S/C18H18FN3O3/c1-18(25,12-4-6-13(19)7-5-12)10-20-16(23)11-3-8-15-14(9-11)21-17(24)22(15)2/h3-9,25H,10H2,1-2H3,(H,20,23)(H,21,24). The molecule has 3 N–H and O–H groups in total. The minimum Gasteiger partial charge on any atom is -0.384 e. The van der Waals surface area contributed by atoms with Gasteiger partial charge in [-0.2, -0.15) is 0 Å². The number of benzene rings is 2. The molecule has 2 aromatic carbocycles. The molecule has 0 aliphatic rings. The lowest BCUT2D eigenvalue weighted by atomic mass is 9.96. The molecule has 1 unspecified atom stereocenters. The van der Waals surface area contributed by atoms with Crippen molar-refractivity contribution in [3.8, 4) is 0 Å². The van der Waals surface area contributed by atoms with Crippen molar-refractivity contribution >= 4 is 16.9 Å². The number of imidazole rings is 1. The summed E-state index contributed by atoms with van der Waals surface area (Å²) >= 11 is 0. The SMILES string of the molecule is Cn1c(=O)[nH]c2cc(C(=O)NCC(C)(O)c3ccc(F)cc3)ccc21. The zero-order valence-corrected chi connectivity index (χ0v) is 13.8. The third-order valence-corrected chi connectivity index (χ3v) is 4.23. The van der Waals surface area contributed by atoms with Gasteiger partial charge in [-0.3, -0.25) is 9.36 Å². The maximum Gasteiger partial charge on any atom is 0.326 e. The van der Waals surface area contributed by atoms with Crippen LogP contribution in [-0.4, -0.2) is 27.1 Å². The normalized spacial score (nSPS) is 13.6. The Balaban J connectivity index is 1.75. The lowest BCUT2D eigenvalue weighted by molar-refractivity contribution is 0.0526. The van der Waals surface area contributed by atoms with Crippen LogP contribution in [0.2, 0.25) is 0 Å². The minimum atomic E-state index is -1.34. The summed E-state index contributed by atoms with van der Waals surface area (Å²) in [5.74, 6) is -0.775. The fourth-order valence-corrected chi connectivity index (χ4v) is 2.64. The van der Waals surface area contributed by atoms with E-state index >= 15 is 0 Å². The largest absolute Gasteiger partial charge is 0.384 e. The smallest absolute Gasteiger partial charge is 0.326 e. The Morgan fingerprint density at radius 3 is 2.64 bits per heavy atom. The van der Waals surface area contributed by atoms with Gasteiger partial charge < -0.3 is 15.4 Å². The maximum atomic E-state index is 13.0. The van der Waals surface area contributed by atoms with Gasteiger partial charge in [0, 0.05) is 12.6 Å². The summed E-state index contributed by atoms with van der Waals surface area (Å²) in [6.07, 6.45) is 0. The van der Waals surface area contributed by atoms with Crippen LogP contribution in [0.4, 0.5) is 4.39 Å². The number of rotatable bonds is 4. The van der Waals surface area contributed by atoms with Crippen molar-refractivity contribution in [2.24, 2.45) is 7.05 Å². The number of halogens is 1. The van der Waals surface area contributed by atoms with Crippen LogP contribution in [0.1, 0.15) is 22.8 Å². The van der Waals surface area contributed by atoms with E-state index in [-0.39, 0.29) is 18.1 Å². The minimum absolute atomic E-state index is 0.0409. The van der Waals surface area contributed by atoms with E-state index in [0.717, 1.165) is 0 Å². The molecule has 0 bridgehead atoms. The van der Waals surface area contributed by atoms with Crippen molar-refractivity contribution in [2.75, 3.05) is 6.54 Å². The van der Waals surface area contributed by atoms with Crippen LogP contribution in [0.5, 0.6) is 0 Å². The van der Waals surface area contributed by atoms with Gasteiger partial charge in [0.2, 0.25) is 0 Å². The highest BCUT2D eigenvalue weighted by molar-refractivity contribution is 5.97. The molecule has 6 nitrogen and oxygen atoms in total. The van der Waals surface area contributed by atoms with Crippen LogP contribution in [0, 0.1) is 5.82 Å². The lowest BCUT2D eigenvalue weighted by Crippen LogP contribution is -2.38. The zero-order chi connectivity index (χ0) is 18.2. The Morgan fingerprint density at radius 2 is 1.96 bits per heavy atom. The van der Waals surface area contributed by atoms with E-state index in [1.54, 1.807) is 32.2 Å². The predicted molar refractivity (Wildman–Crippen MR) is 91.8 cm³/mol. The van der Waals surface area contributed by atoms with Crippen molar-refractivity contribution in [3.05, 3.63) is 69.9 Å². The molecule has 3 aromatic rings. The topological polar surface area (TPSA) is 87.1 Å². The average molecular weight is 343 g/mol. The second-order valence-corrected chi connectivity index (χ2v) is 6.18. The van der Waals surface area contributed by atoms with Crippen molar-refractivity contribution in [1.29, 1.82) is 0 Å². The van der Waals surface area contributed by atoms with Crippen molar-refractivity contribution in [1.82, 2.24) is 14.9 Å². The van der Waals surface area contributed by atoms with Crippen LogP contribution in [0.3, 0.4) is 0 Å². The summed E-state index contributed by atoms with van der Waals surface area (Å²) in [7, 11) is 1.64. The predicted octanol–water partition coefficient (Wildman–Crippen LogP) is 1.64. The van der Waals surface area contributed by atoms with Crippen LogP contribution >= 0.6 is 0 Å². The van der Waals surface area contributed by atoms with Gasteiger partial charge in [-0.1, -0.05) is 12.1 Å². The molecule has 25 heavy (non-hydrogen) atoms. The van der Waals surface area contributed by atoms with E-state index in [1.807, 2.05) is 0 Å². The van der Waals surface area contributed by atoms with E-state index < -0.39 is 11.4 Å². The van der Waals surface area contributed by atoms with Crippen LogP contribution in [0.25, 0.3) is 11.0 Å². The molecule has 0 saturated heterocycles. The van der Waals surface area contributed by atoms with Gasteiger partial charge in [0.1, 0.15) is 11.4 Å². The zero-order valence-electron chi connectivity index (χ0n) is 13.8. The number of aliphatic hydroxyl groups is 1. The number of carbonyl (C=O) groups excluding carboxylic acids is 1. The fraction of sp³-hybridized carbons (Fsp3) is 0.222. The summed E-state index contributed by atoms with van der Waals surface area (Å²) < 4.78 is 14.4.